The van der Waals surface area contributed by atoms with Crippen molar-refractivity contribution in [3.8, 4) is 0 Å². The van der Waals surface area contributed by atoms with Gasteiger partial charge in [0.2, 0.25) is 0 Å². The Morgan fingerprint density at radius 1 is 1.36 bits per heavy atom. The maximum Gasteiger partial charge on any atom is 0.117 e. The topological polar surface area (TPSA) is 46.0 Å². The quantitative estimate of drug-likeness (QED) is 0.540. The average molecular weight is 206 g/mol. The lowest BCUT2D eigenvalue weighted by Gasteiger charge is -1.95. The highest BCUT2D eigenvalue weighted by Crippen LogP contribution is 2.04. The fraction of sp³-hybridized carbons (Fsp3) is 0.200. The summed E-state index contributed by atoms with van der Waals surface area (Å²) in [5.41, 5.74) is 0. The van der Waals surface area contributed by atoms with Gasteiger partial charge < -0.3 is 5.11 Å². The molecule has 0 spiro atoms. The molecule has 1 aliphatic carbocycles. The maximum absolute atomic E-state index is 9.37. The van der Waals surface area contributed by atoms with Gasteiger partial charge in [0.15, 0.2) is 0 Å². The van der Waals surface area contributed by atoms with Gasteiger partial charge in [-0.05, 0) is 18.4 Å². The van der Waals surface area contributed by atoms with E-state index >= 15 is 0 Å². The Balaban J connectivity index is 2.72. The van der Waals surface area contributed by atoms with E-state index in [4.69, 9.17) is 0 Å². The molecule has 72 valence electrons. The molecule has 0 aliphatic heterocycles. The van der Waals surface area contributed by atoms with Crippen molar-refractivity contribution in [1.82, 2.24) is 9.97 Å². The van der Waals surface area contributed by atoms with E-state index in [0.29, 0.717) is 12.2 Å². The van der Waals surface area contributed by atoms with Crippen LogP contribution < -0.4 is 10.6 Å². The van der Waals surface area contributed by atoms with Crippen LogP contribution >= 0.6 is 11.8 Å². The van der Waals surface area contributed by atoms with Gasteiger partial charge in [0.25, 0.3) is 0 Å². The second-order valence-corrected chi connectivity index (χ2v) is 3.71. The third-order valence-corrected chi connectivity index (χ3v) is 2.73. The molecule has 2 rings (SSSR count). The Kier molecular flexibility index (Phi) is 2.54. The normalized spacial score (nSPS) is 14.5. The number of hydrogen-bond donors (Lipinski definition) is 1. The number of fused-ring (bicyclic) bond motifs is 1. The van der Waals surface area contributed by atoms with Crippen molar-refractivity contribution in [3.05, 3.63) is 28.7 Å². The lowest BCUT2D eigenvalue weighted by molar-refractivity contribution is 0.405. The van der Waals surface area contributed by atoms with Crippen LogP contribution in [-0.2, 0) is 0 Å². The molecule has 0 saturated heterocycles. The molecule has 14 heavy (non-hydrogen) atoms. The van der Waals surface area contributed by atoms with Gasteiger partial charge in [-0.25, -0.2) is 9.97 Å². The molecule has 0 atom stereocenters. The van der Waals surface area contributed by atoms with Crippen molar-refractivity contribution in [1.29, 1.82) is 0 Å². The first-order valence-corrected chi connectivity index (χ1v) is 5.49. The molecule has 0 aromatic carbocycles. The molecule has 0 saturated carbocycles. The van der Waals surface area contributed by atoms with Gasteiger partial charge in [-0.1, -0.05) is 6.08 Å². The van der Waals surface area contributed by atoms with Crippen molar-refractivity contribution >= 4 is 23.9 Å². The van der Waals surface area contributed by atoms with Gasteiger partial charge in [0.05, 0.1) is 11.1 Å². The first-order chi connectivity index (χ1) is 6.81. The molecule has 3 nitrogen and oxygen atoms in total. The summed E-state index contributed by atoms with van der Waals surface area (Å²) in [7, 11) is 0. The maximum atomic E-state index is 9.37. The third kappa shape index (κ3) is 1.65. The smallest absolute Gasteiger partial charge is 0.117 e. The highest BCUT2D eigenvalue weighted by atomic mass is 32.2. The first-order valence-electron chi connectivity index (χ1n) is 4.26. The molecule has 0 unspecified atom stereocenters. The Hall–Kier alpha value is -1.29. The number of allylic oxidation sites excluding steroid dienone is 2. The van der Waals surface area contributed by atoms with E-state index in [0.717, 1.165) is 15.6 Å². The zero-order chi connectivity index (χ0) is 9.97. The van der Waals surface area contributed by atoms with Gasteiger partial charge >= 0.3 is 0 Å². The van der Waals surface area contributed by atoms with E-state index in [-0.39, 0.29) is 0 Å². The Bertz CT molecular complexity index is 493. The summed E-state index contributed by atoms with van der Waals surface area (Å²) >= 11 is 1.59. The van der Waals surface area contributed by atoms with Crippen molar-refractivity contribution in [2.75, 3.05) is 6.26 Å². The van der Waals surface area contributed by atoms with Crippen molar-refractivity contribution in [2.24, 2.45) is 0 Å². The number of nitrogens with zero attached hydrogens (tertiary/aromatic N) is 2. The lowest BCUT2D eigenvalue weighted by atomic mass is 10.3. The number of hydrogen-bond acceptors (Lipinski definition) is 4. The van der Waals surface area contributed by atoms with Gasteiger partial charge in [-0.2, -0.15) is 0 Å². The SMILES string of the molecule is CSc1ncnc2c1=CCC(O)=CC=2. The van der Waals surface area contributed by atoms with Crippen LogP contribution in [0, 0.1) is 0 Å². The molecule has 1 N–H and O–H groups in total. The van der Waals surface area contributed by atoms with E-state index < -0.39 is 0 Å². The van der Waals surface area contributed by atoms with E-state index in [9.17, 15) is 5.11 Å². The molecular weight excluding hydrogens is 196 g/mol. The van der Waals surface area contributed by atoms with Crippen LogP contribution in [0.5, 0.6) is 0 Å². The largest absolute Gasteiger partial charge is 0.512 e. The predicted molar refractivity (Wildman–Crippen MR) is 57.3 cm³/mol. The summed E-state index contributed by atoms with van der Waals surface area (Å²) in [6.45, 7) is 0. The minimum Gasteiger partial charge on any atom is -0.512 e. The molecule has 4 heteroatoms. The lowest BCUT2D eigenvalue weighted by Crippen LogP contribution is -2.30. The number of thioether (sulfide) groups is 1. The number of aromatic nitrogens is 2. The van der Waals surface area contributed by atoms with Crippen LogP contribution in [0.1, 0.15) is 6.42 Å². The van der Waals surface area contributed by atoms with Crippen molar-refractivity contribution in [3.63, 3.8) is 0 Å². The summed E-state index contributed by atoms with van der Waals surface area (Å²) < 4.78 is 0. The van der Waals surface area contributed by atoms with Crippen molar-refractivity contribution in [2.45, 2.75) is 11.4 Å². The van der Waals surface area contributed by atoms with Crippen LogP contribution in [0.2, 0.25) is 0 Å². The fourth-order valence-electron chi connectivity index (χ4n) is 1.33. The highest BCUT2D eigenvalue weighted by Gasteiger charge is 2.00. The highest BCUT2D eigenvalue weighted by molar-refractivity contribution is 7.98. The predicted octanol–water partition coefficient (Wildman–Crippen LogP) is 0.605. The standard InChI is InChI=1S/C10H10N2OS/c1-14-10-8-4-2-7(13)3-5-9(8)11-6-12-10/h3-6,13H,2H2,1H3. The molecule has 1 aliphatic rings. The second kappa shape index (κ2) is 3.84. The molecular formula is C10H10N2OS. The summed E-state index contributed by atoms with van der Waals surface area (Å²) in [5.74, 6) is 0.357. The minimum atomic E-state index is 0.357. The van der Waals surface area contributed by atoms with E-state index in [1.54, 1.807) is 24.2 Å². The molecule has 1 aromatic rings. The monoisotopic (exact) mass is 206 g/mol. The van der Waals surface area contributed by atoms with Gasteiger partial charge in [0.1, 0.15) is 11.4 Å². The first kappa shape index (κ1) is 9.27. The zero-order valence-corrected chi connectivity index (χ0v) is 8.58. The van der Waals surface area contributed by atoms with Gasteiger partial charge in [0, 0.05) is 11.6 Å². The van der Waals surface area contributed by atoms with E-state index in [1.165, 1.54) is 0 Å². The summed E-state index contributed by atoms with van der Waals surface area (Å²) in [5, 5.41) is 12.2. The number of aliphatic hydroxyl groups is 1. The van der Waals surface area contributed by atoms with Crippen molar-refractivity contribution < 1.29 is 5.11 Å². The molecule has 1 heterocycles. The van der Waals surface area contributed by atoms with Crippen LogP contribution in [0.15, 0.2) is 23.2 Å². The summed E-state index contributed by atoms with van der Waals surface area (Å²) in [6, 6.07) is 0. The Labute approximate surface area is 85.9 Å². The molecule has 0 bridgehead atoms. The molecule has 0 amide bonds. The van der Waals surface area contributed by atoms with E-state index in [1.807, 2.05) is 18.4 Å². The third-order valence-electron chi connectivity index (χ3n) is 2.02. The second-order valence-electron chi connectivity index (χ2n) is 2.91. The minimum absolute atomic E-state index is 0.357. The Morgan fingerprint density at radius 2 is 2.21 bits per heavy atom. The summed E-state index contributed by atoms with van der Waals surface area (Å²) in [4.78, 5) is 8.33. The Morgan fingerprint density at radius 3 is 3.00 bits per heavy atom. The average Bonchev–Trinajstić information content (AvgIpc) is 2.41. The van der Waals surface area contributed by atoms with Crippen LogP contribution in [-0.4, -0.2) is 21.3 Å². The molecule has 1 aromatic heterocycles. The molecule has 0 radical (unpaired) electrons. The van der Waals surface area contributed by atoms with Crippen LogP contribution in [0.25, 0.3) is 12.2 Å². The van der Waals surface area contributed by atoms with E-state index in [2.05, 4.69) is 9.97 Å². The van der Waals surface area contributed by atoms with Crippen LogP contribution in [0.4, 0.5) is 0 Å². The summed E-state index contributed by atoms with van der Waals surface area (Å²) in [6.07, 6.45) is 9.52. The number of rotatable bonds is 1. The zero-order valence-electron chi connectivity index (χ0n) is 7.77. The van der Waals surface area contributed by atoms with Gasteiger partial charge in [-0.15, -0.1) is 11.8 Å². The fourth-order valence-corrected chi connectivity index (χ4v) is 1.89. The van der Waals surface area contributed by atoms with Crippen LogP contribution in [0.3, 0.4) is 0 Å². The molecule has 0 fully saturated rings. The van der Waals surface area contributed by atoms with Gasteiger partial charge in [-0.3, -0.25) is 0 Å². The number of aliphatic hydroxyl groups excluding tert-OH is 1.